The van der Waals surface area contributed by atoms with Gasteiger partial charge in [0, 0.05) is 29.6 Å². The summed E-state index contributed by atoms with van der Waals surface area (Å²) in [6.07, 6.45) is 10.5. The van der Waals surface area contributed by atoms with Gasteiger partial charge in [-0.05, 0) is 24.7 Å². The Balaban J connectivity index is 1.49. The molecule has 0 aliphatic heterocycles. The summed E-state index contributed by atoms with van der Waals surface area (Å²) in [6, 6.07) is 10.5. The lowest BCUT2D eigenvalue weighted by molar-refractivity contribution is 0.345. The minimum absolute atomic E-state index is 0.500. The van der Waals surface area contributed by atoms with E-state index in [-0.39, 0.29) is 0 Å². The first kappa shape index (κ1) is 14.7. The molecule has 3 rings (SSSR count). The standard InChI is InChI=1S/C17H23N3S/c1-21-17(8-5-9-17)14-18-10-16-11-19-20(13-16)12-15-6-3-2-4-7-15/h2-4,6-7,11,13,18H,5,8-10,12,14H2,1H3. The smallest absolute Gasteiger partial charge is 0.0659 e. The van der Waals surface area contributed by atoms with E-state index >= 15 is 0 Å². The Morgan fingerprint density at radius 1 is 1.24 bits per heavy atom. The van der Waals surface area contributed by atoms with Gasteiger partial charge in [-0.25, -0.2) is 0 Å². The molecule has 0 radical (unpaired) electrons. The van der Waals surface area contributed by atoms with Gasteiger partial charge in [-0.15, -0.1) is 0 Å². The fourth-order valence-electron chi connectivity index (χ4n) is 2.81. The summed E-state index contributed by atoms with van der Waals surface area (Å²) < 4.78 is 2.51. The molecule has 0 atom stereocenters. The van der Waals surface area contributed by atoms with Gasteiger partial charge in [0.2, 0.25) is 0 Å². The molecule has 1 heterocycles. The second-order valence-corrected chi connectivity index (χ2v) is 7.15. The first-order valence-electron chi connectivity index (χ1n) is 7.61. The first-order valence-corrected chi connectivity index (χ1v) is 8.83. The zero-order valence-electron chi connectivity index (χ0n) is 12.6. The minimum atomic E-state index is 0.500. The van der Waals surface area contributed by atoms with Crippen molar-refractivity contribution >= 4 is 11.8 Å². The lowest BCUT2D eigenvalue weighted by Gasteiger charge is -2.40. The average molecular weight is 301 g/mol. The van der Waals surface area contributed by atoms with Crippen LogP contribution < -0.4 is 5.32 Å². The number of hydrogen-bond donors (Lipinski definition) is 1. The molecular weight excluding hydrogens is 278 g/mol. The molecule has 0 spiro atoms. The summed E-state index contributed by atoms with van der Waals surface area (Å²) >= 11 is 2.02. The van der Waals surface area contributed by atoms with E-state index in [2.05, 4.69) is 47.1 Å². The van der Waals surface area contributed by atoms with Crippen LogP contribution in [-0.2, 0) is 13.1 Å². The Morgan fingerprint density at radius 3 is 2.71 bits per heavy atom. The Morgan fingerprint density at radius 2 is 2.05 bits per heavy atom. The molecule has 1 N–H and O–H groups in total. The summed E-state index contributed by atoms with van der Waals surface area (Å²) in [5.41, 5.74) is 2.55. The predicted octanol–water partition coefficient (Wildman–Crippen LogP) is 3.31. The van der Waals surface area contributed by atoms with Crippen LogP contribution in [0.1, 0.15) is 30.4 Å². The van der Waals surface area contributed by atoms with Crippen LogP contribution in [0, 0.1) is 0 Å². The van der Waals surface area contributed by atoms with Gasteiger partial charge in [-0.3, -0.25) is 4.68 Å². The SMILES string of the molecule is CSC1(CNCc2cnn(Cc3ccccc3)c2)CCC1. The fraction of sp³-hybridized carbons (Fsp3) is 0.471. The number of rotatable bonds is 7. The molecule has 1 fully saturated rings. The summed E-state index contributed by atoms with van der Waals surface area (Å²) in [4.78, 5) is 0. The molecule has 1 aliphatic carbocycles. The summed E-state index contributed by atoms with van der Waals surface area (Å²) in [5.74, 6) is 0. The Labute approximate surface area is 131 Å². The van der Waals surface area contributed by atoms with Crippen molar-refractivity contribution < 1.29 is 0 Å². The quantitative estimate of drug-likeness (QED) is 0.851. The van der Waals surface area contributed by atoms with Crippen LogP contribution in [0.5, 0.6) is 0 Å². The number of benzene rings is 1. The van der Waals surface area contributed by atoms with Crippen LogP contribution >= 0.6 is 11.8 Å². The van der Waals surface area contributed by atoms with Gasteiger partial charge in [0.25, 0.3) is 0 Å². The molecule has 1 aromatic carbocycles. The van der Waals surface area contributed by atoms with E-state index in [1.165, 1.54) is 30.4 Å². The first-order chi connectivity index (χ1) is 10.3. The second kappa shape index (κ2) is 6.67. The minimum Gasteiger partial charge on any atom is -0.311 e. The van der Waals surface area contributed by atoms with E-state index in [9.17, 15) is 0 Å². The molecule has 21 heavy (non-hydrogen) atoms. The lowest BCUT2D eigenvalue weighted by atomic mass is 9.84. The highest BCUT2D eigenvalue weighted by Gasteiger charge is 2.35. The Hall–Kier alpha value is -1.26. The zero-order chi connectivity index (χ0) is 14.5. The van der Waals surface area contributed by atoms with Crippen molar-refractivity contribution in [3.8, 4) is 0 Å². The van der Waals surface area contributed by atoms with E-state index in [1.54, 1.807) is 0 Å². The summed E-state index contributed by atoms with van der Waals surface area (Å²) in [7, 11) is 0. The van der Waals surface area contributed by atoms with E-state index in [4.69, 9.17) is 0 Å². The van der Waals surface area contributed by atoms with Gasteiger partial charge in [0.05, 0.1) is 12.7 Å². The maximum atomic E-state index is 4.45. The van der Waals surface area contributed by atoms with Crippen LogP contribution in [-0.4, -0.2) is 27.3 Å². The van der Waals surface area contributed by atoms with E-state index < -0.39 is 0 Å². The van der Waals surface area contributed by atoms with Gasteiger partial charge in [0.1, 0.15) is 0 Å². The third-order valence-electron chi connectivity index (χ3n) is 4.35. The molecule has 4 heteroatoms. The molecule has 1 saturated carbocycles. The van der Waals surface area contributed by atoms with Crippen LogP contribution in [0.25, 0.3) is 0 Å². The number of nitrogens with one attached hydrogen (secondary N) is 1. The largest absolute Gasteiger partial charge is 0.311 e. The molecule has 1 aliphatic rings. The molecule has 0 amide bonds. The molecule has 0 saturated heterocycles. The highest BCUT2D eigenvalue weighted by atomic mass is 32.2. The summed E-state index contributed by atoms with van der Waals surface area (Å²) in [6.45, 7) is 2.87. The van der Waals surface area contributed by atoms with Gasteiger partial charge < -0.3 is 5.32 Å². The molecule has 0 unspecified atom stereocenters. The van der Waals surface area contributed by atoms with E-state index in [0.29, 0.717) is 4.75 Å². The zero-order valence-corrected chi connectivity index (χ0v) is 13.4. The second-order valence-electron chi connectivity index (χ2n) is 5.88. The van der Waals surface area contributed by atoms with Gasteiger partial charge in [-0.1, -0.05) is 36.8 Å². The molecule has 0 bridgehead atoms. The topological polar surface area (TPSA) is 29.9 Å². The van der Waals surface area contributed by atoms with Crippen LogP contribution in [0.4, 0.5) is 0 Å². The van der Waals surface area contributed by atoms with E-state index in [0.717, 1.165) is 19.6 Å². The number of nitrogens with zero attached hydrogens (tertiary/aromatic N) is 2. The fourth-order valence-corrected chi connectivity index (χ4v) is 3.76. The van der Waals surface area contributed by atoms with Crippen molar-refractivity contribution in [2.24, 2.45) is 0 Å². The third-order valence-corrected chi connectivity index (χ3v) is 5.77. The molecule has 112 valence electrons. The van der Waals surface area contributed by atoms with Crippen LogP contribution in [0.3, 0.4) is 0 Å². The third kappa shape index (κ3) is 3.69. The normalized spacial score (nSPS) is 16.6. The van der Waals surface area contributed by atoms with Crippen molar-refractivity contribution in [3.63, 3.8) is 0 Å². The summed E-state index contributed by atoms with van der Waals surface area (Å²) in [5, 5.41) is 8.05. The van der Waals surface area contributed by atoms with Gasteiger partial charge in [0.15, 0.2) is 0 Å². The highest BCUT2D eigenvalue weighted by Crippen LogP contribution is 2.42. The maximum Gasteiger partial charge on any atom is 0.0659 e. The average Bonchev–Trinajstić information content (AvgIpc) is 2.90. The number of aromatic nitrogens is 2. The lowest BCUT2D eigenvalue weighted by Crippen LogP contribution is -2.43. The van der Waals surface area contributed by atoms with Crippen molar-refractivity contribution in [2.45, 2.75) is 37.1 Å². The molecule has 3 nitrogen and oxygen atoms in total. The molecule has 2 aromatic rings. The Kier molecular flexibility index (Phi) is 4.66. The van der Waals surface area contributed by atoms with Crippen LogP contribution in [0.15, 0.2) is 42.7 Å². The maximum absolute atomic E-state index is 4.45. The van der Waals surface area contributed by atoms with Gasteiger partial charge in [-0.2, -0.15) is 16.9 Å². The predicted molar refractivity (Wildman–Crippen MR) is 89.6 cm³/mol. The monoisotopic (exact) mass is 301 g/mol. The van der Waals surface area contributed by atoms with Crippen molar-refractivity contribution in [2.75, 3.05) is 12.8 Å². The molecular formula is C17H23N3S. The van der Waals surface area contributed by atoms with Crippen molar-refractivity contribution in [1.82, 2.24) is 15.1 Å². The number of thioether (sulfide) groups is 1. The van der Waals surface area contributed by atoms with Crippen LogP contribution in [0.2, 0.25) is 0 Å². The molecule has 1 aromatic heterocycles. The van der Waals surface area contributed by atoms with Gasteiger partial charge >= 0.3 is 0 Å². The van der Waals surface area contributed by atoms with Crippen molar-refractivity contribution in [1.29, 1.82) is 0 Å². The van der Waals surface area contributed by atoms with E-state index in [1.807, 2.05) is 28.7 Å². The highest BCUT2D eigenvalue weighted by molar-refractivity contribution is 8.00. The Bertz CT molecular complexity index is 555. The number of hydrogen-bond acceptors (Lipinski definition) is 3. The van der Waals surface area contributed by atoms with Crippen molar-refractivity contribution in [3.05, 3.63) is 53.9 Å².